The first kappa shape index (κ1) is 11.8. The highest BCUT2D eigenvalue weighted by molar-refractivity contribution is 5.82. The monoisotopic (exact) mass is 257 g/mol. The van der Waals surface area contributed by atoms with Crippen LogP contribution < -0.4 is 4.90 Å². The Kier molecular flexibility index (Phi) is 2.95. The summed E-state index contributed by atoms with van der Waals surface area (Å²) in [7, 11) is 0. The minimum atomic E-state index is -0.762. The van der Waals surface area contributed by atoms with E-state index in [1.165, 1.54) is 0 Å². The van der Waals surface area contributed by atoms with Crippen molar-refractivity contribution in [1.82, 2.24) is 9.55 Å². The molecule has 3 rings (SSSR count). The summed E-state index contributed by atoms with van der Waals surface area (Å²) in [5.74, 6) is -0.762. The number of aromatic nitrogens is 2. The molecule has 1 aromatic carbocycles. The number of aliphatic carboxylic acids is 1. The Morgan fingerprint density at radius 2 is 2.21 bits per heavy atom. The standard InChI is InChI=1S/C14H15N3O2/c18-14(19)13-9-11-3-1-2-4-12(11)17(13)8-7-16-6-5-15-10-16/h1-6,10,13H,7-9H2,(H,18,19). The molecule has 0 fully saturated rings. The first-order valence-corrected chi connectivity index (χ1v) is 6.29. The molecule has 5 nitrogen and oxygen atoms in total. The number of imidazole rings is 1. The summed E-state index contributed by atoms with van der Waals surface area (Å²) in [5.41, 5.74) is 2.15. The van der Waals surface area contributed by atoms with Crippen LogP contribution in [-0.2, 0) is 17.8 Å². The summed E-state index contributed by atoms with van der Waals surface area (Å²) in [5, 5.41) is 9.35. The highest BCUT2D eigenvalue weighted by Crippen LogP contribution is 2.31. The first-order valence-electron chi connectivity index (χ1n) is 6.29. The van der Waals surface area contributed by atoms with Crippen LogP contribution in [0.15, 0.2) is 43.0 Å². The molecule has 0 saturated carbocycles. The van der Waals surface area contributed by atoms with E-state index in [4.69, 9.17) is 0 Å². The largest absolute Gasteiger partial charge is 0.480 e. The number of carboxylic acids is 1. The number of benzene rings is 1. The Morgan fingerprint density at radius 3 is 2.95 bits per heavy atom. The van der Waals surface area contributed by atoms with E-state index in [9.17, 15) is 9.90 Å². The smallest absolute Gasteiger partial charge is 0.326 e. The van der Waals surface area contributed by atoms with E-state index in [0.717, 1.165) is 17.8 Å². The molecule has 1 N–H and O–H groups in total. The highest BCUT2D eigenvalue weighted by Gasteiger charge is 2.33. The van der Waals surface area contributed by atoms with Gasteiger partial charge in [-0.3, -0.25) is 0 Å². The van der Waals surface area contributed by atoms with E-state index in [1.54, 1.807) is 12.5 Å². The third-order valence-electron chi connectivity index (χ3n) is 3.53. The summed E-state index contributed by atoms with van der Waals surface area (Å²) in [6.07, 6.45) is 5.94. The molecular formula is C14H15N3O2. The Bertz CT molecular complexity index is 580. The van der Waals surface area contributed by atoms with Gasteiger partial charge in [-0.05, 0) is 11.6 Å². The first-order chi connectivity index (χ1) is 9.25. The van der Waals surface area contributed by atoms with Crippen LogP contribution >= 0.6 is 0 Å². The van der Waals surface area contributed by atoms with Crippen molar-refractivity contribution in [2.24, 2.45) is 0 Å². The molecule has 2 heterocycles. The molecule has 98 valence electrons. The lowest BCUT2D eigenvalue weighted by molar-refractivity contribution is -0.138. The van der Waals surface area contributed by atoms with Crippen molar-refractivity contribution in [2.45, 2.75) is 19.0 Å². The lowest BCUT2D eigenvalue weighted by Crippen LogP contribution is -2.40. The van der Waals surface area contributed by atoms with Crippen LogP contribution in [-0.4, -0.2) is 33.2 Å². The maximum atomic E-state index is 11.4. The molecule has 1 aliphatic rings. The van der Waals surface area contributed by atoms with E-state index in [2.05, 4.69) is 4.98 Å². The maximum absolute atomic E-state index is 11.4. The van der Waals surface area contributed by atoms with Crippen molar-refractivity contribution < 1.29 is 9.90 Å². The molecule has 0 amide bonds. The minimum absolute atomic E-state index is 0.457. The number of hydrogen-bond acceptors (Lipinski definition) is 3. The second-order valence-electron chi connectivity index (χ2n) is 4.68. The Hall–Kier alpha value is -2.30. The normalized spacial score (nSPS) is 17.5. The van der Waals surface area contributed by atoms with Gasteiger partial charge in [-0.2, -0.15) is 0 Å². The minimum Gasteiger partial charge on any atom is -0.480 e. The van der Waals surface area contributed by atoms with Crippen LogP contribution in [0.3, 0.4) is 0 Å². The third-order valence-corrected chi connectivity index (χ3v) is 3.53. The molecule has 19 heavy (non-hydrogen) atoms. The van der Waals surface area contributed by atoms with Gasteiger partial charge in [-0.15, -0.1) is 0 Å². The quantitative estimate of drug-likeness (QED) is 0.899. The number of carboxylic acid groups (broad SMARTS) is 1. The van der Waals surface area contributed by atoms with Gasteiger partial charge in [0, 0.05) is 37.6 Å². The van der Waals surface area contributed by atoms with Gasteiger partial charge < -0.3 is 14.6 Å². The van der Waals surface area contributed by atoms with E-state index < -0.39 is 12.0 Å². The molecule has 1 aliphatic heterocycles. The van der Waals surface area contributed by atoms with E-state index in [0.29, 0.717) is 13.0 Å². The number of carbonyl (C=O) groups is 1. The summed E-state index contributed by atoms with van der Waals surface area (Å²) in [4.78, 5) is 17.3. The topological polar surface area (TPSA) is 58.4 Å². The number of hydrogen-bond donors (Lipinski definition) is 1. The van der Waals surface area contributed by atoms with Crippen molar-refractivity contribution in [2.75, 3.05) is 11.4 Å². The lowest BCUT2D eigenvalue weighted by atomic mass is 10.1. The number of para-hydroxylation sites is 1. The zero-order chi connectivity index (χ0) is 13.2. The van der Waals surface area contributed by atoms with E-state index >= 15 is 0 Å². The predicted molar refractivity (Wildman–Crippen MR) is 71.1 cm³/mol. The van der Waals surface area contributed by atoms with Gasteiger partial charge in [-0.25, -0.2) is 9.78 Å². The molecule has 1 aromatic heterocycles. The molecule has 0 radical (unpaired) electrons. The fraction of sp³-hybridized carbons (Fsp3) is 0.286. The van der Waals surface area contributed by atoms with E-state index in [1.807, 2.05) is 39.9 Å². The Morgan fingerprint density at radius 1 is 1.37 bits per heavy atom. The maximum Gasteiger partial charge on any atom is 0.326 e. The van der Waals surface area contributed by atoms with Gasteiger partial charge in [-0.1, -0.05) is 18.2 Å². The summed E-state index contributed by atoms with van der Waals surface area (Å²) in [6, 6.07) is 7.44. The average molecular weight is 257 g/mol. The number of nitrogens with zero attached hydrogens (tertiary/aromatic N) is 3. The van der Waals surface area contributed by atoms with Crippen LogP contribution in [0.2, 0.25) is 0 Å². The van der Waals surface area contributed by atoms with Gasteiger partial charge in [0.25, 0.3) is 0 Å². The number of rotatable bonds is 4. The Labute approximate surface area is 111 Å². The number of anilines is 1. The number of fused-ring (bicyclic) bond motifs is 1. The second kappa shape index (κ2) is 4.76. The Balaban J connectivity index is 1.81. The molecule has 5 heteroatoms. The van der Waals surface area contributed by atoms with E-state index in [-0.39, 0.29) is 0 Å². The van der Waals surface area contributed by atoms with Crippen LogP contribution in [0.4, 0.5) is 5.69 Å². The summed E-state index contributed by atoms with van der Waals surface area (Å²) >= 11 is 0. The van der Waals surface area contributed by atoms with Crippen molar-refractivity contribution in [1.29, 1.82) is 0 Å². The molecule has 1 unspecified atom stereocenters. The summed E-state index contributed by atoms with van der Waals surface area (Å²) < 4.78 is 1.96. The van der Waals surface area contributed by atoms with Gasteiger partial charge in [0.2, 0.25) is 0 Å². The predicted octanol–water partition coefficient (Wildman–Crippen LogP) is 1.40. The lowest BCUT2D eigenvalue weighted by Gasteiger charge is -2.24. The second-order valence-corrected chi connectivity index (χ2v) is 4.68. The molecule has 0 bridgehead atoms. The fourth-order valence-corrected chi connectivity index (χ4v) is 2.59. The SMILES string of the molecule is O=C(O)C1Cc2ccccc2N1CCn1ccnc1. The fourth-order valence-electron chi connectivity index (χ4n) is 2.59. The van der Waals surface area contributed by atoms with Crippen molar-refractivity contribution in [3.63, 3.8) is 0 Å². The van der Waals surface area contributed by atoms with Crippen LogP contribution in [0.5, 0.6) is 0 Å². The van der Waals surface area contributed by atoms with Crippen LogP contribution in [0.1, 0.15) is 5.56 Å². The van der Waals surface area contributed by atoms with Crippen LogP contribution in [0, 0.1) is 0 Å². The molecule has 2 aromatic rings. The van der Waals surface area contributed by atoms with Crippen molar-refractivity contribution >= 4 is 11.7 Å². The van der Waals surface area contributed by atoms with Gasteiger partial charge in [0.15, 0.2) is 0 Å². The van der Waals surface area contributed by atoms with Crippen LogP contribution in [0.25, 0.3) is 0 Å². The third kappa shape index (κ3) is 2.19. The van der Waals surface area contributed by atoms with Crippen molar-refractivity contribution in [3.05, 3.63) is 48.5 Å². The summed E-state index contributed by atoms with van der Waals surface area (Å²) in [6.45, 7) is 1.41. The molecule has 0 saturated heterocycles. The zero-order valence-electron chi connectivity index (χ0n) is 10.4. The molecule has 0 aliphatic carbocycles. The average Bonchev–Trinajstić information content (AvgIpc) is 3.03. The molecule has 0 spiro atoms. The molecular weight excluding hydrogens is 242 g/mol. The molecule has 1 atom stereocenters. The van der Waals surface area contributed by atoms with Gasteiger partial charge >= 0.3 is 5.97 Å². The zero-order valence-corrected chi connectivity index (χ0v) is 10.4. The van der Waals surface area contributed by atoms with Gasteiger partial charge in [0.05, 0.1) is 6.33 Å². The highest BCUT2D eigenvalue weighted by atomic mass is 16.4. The van der Waals surface area contributed by atoms with Crippen molar-refractivity contribution in [3.8, 4) is 0 Å². The van der Waals surface area contributed by atoms with Gasteiger partial charge in [0.1, 0.15) is 6.04 Å².